The van der Waals surface area contributed by atoms with E-state index >= 15 is 0 Å². The van der Waals surface area contributed by atoms with Gasteiger partial charge in [0.2, 0.25) is 0 Å². The minimum atomic E-state index is 0.411. The Kier molecular flexibility index (Phi) is 4.45. The van der Waals surface area contributed by atoms with Gasteiger partial charge in [0.1, 0.15) is 6.61 Å². The van der Waals surface area contributed by atoms with Crippen LogP contribution < -0.4 is 5.32 Å². The van der Waals surface area contributed by atoms with Crippen molar-refractivity contribution in [3.05, 3.63) is 23.3 Å². The van der Waals surface area contributed by atoms with Crippen molar-refractivity contribution in [2.24, 2.45) is 0 Å². The predicted molar refractivity (Wildman–Crippen MR) is 66.7 cm³/mol. The topological polar surface area (TPSA) is 47.0 Å². The first kappa shape index (κ1) is 12.5. The number of aromatic nitrogens is 2. The molecule has 4 heteroatoms. The van der Waals surface area contributed by atoms with E-state index in [9.17, 15) is 0 Å². The van der Waals surface area contributed by atoms with Gasteiger partial charge < -0.3 is 10.1 Å². The molecule has 0 saturated carbocycles. The lowest BCUT2D eigenvalue weighted by atomic mass is 10.1. The largest absolute Gasteiger partial charge is 0.374 e. The van der Waals surface area contributed by atoms with E-state index < -0.39 is 0 Å². The molecule has 0 radical (unpaired) electrons. The van der Waals surface area contributed by atoms with Crippen molar-refractivity contribution in [1.82, 2.24) is 15.3 Å². The highest BCUT2D eigenvalue weighted by Gasteiger charge is 2.19. The lowest BCUT2D eigenvalue weighted by molar-refractivity contribution is 0.128. The van der Waals surface area contributed by atoms with Crippen LogP contribution in [0, 0.1) is 0 Å². The SMILES string of the molecule is CCOCc1ncc2c(n1)CCCCC2NC. The highest BCUT2D eigenvalue weighted by molar-refractivity contribution is 5.23. The van der Waals surface area contributed by atoms with E-state index in [1.54, 1.807) is 0 Å². The third-order valence-corrected chi connectivity index (χ3v) is 3.27. The van der Waals surface area contributed by atoms with Crippen LogP contribution in [0.25, 0.3) is 0 Å². The van der Waals surface area contributed by atoms with Crippen molar-refractivity contribution in [3.63, 3.8) is 0 Å². The quantitative estimate of drug-likeness (QED) is 0.811. The molecular weight excluding hydrogens is 214 g/mol. The molecule has 1 atom stereocenters. The van der Waals surface area contributed by atoms with Crippen molar-refractivity contribution in [2.75, 3.05) is 13.7 Å². The van der Waals surface area contributed by atoms with Gasteiger partial charge in [-0.3, -0.25) is 0 Å². The molecule has 0 aromatic carbocycles. The third-order valence-electron chi connectivity index (χ3n) is 3.27. The summed E-state index contributed by atoms with van der Waals surface area (Å²) in [4.78, 5) is 9.03. The molecule has 94 valence electrons. The second kappa shape index (κ2) is 6.07. The van der Waals surface area contributed by atoms with Gasteiger partial charge in [0.25, 0.3) is 0 Å². The summed E-state index contributed by atoms with van der Waals surface area (Å²) in [5, 5.41) is 3.35. The van der Waals surface area contributed by atoms with Gasteiger partial charge in [-0.25, -0.2) is 9.97 Å². The maximum Gasteiger partial charge on any atom is 0.154 e. The highest BCUT2D eigenvalue weighted by atomic mass is 16.5. The Bertz CT molecular complexity index is 368. The molecule has 17 heavy (non-hydrogen) atoms. The minimum Gasteiger partial charge on any atom is -0.374 e. The fraction of sp³-hybridized carbons (Fsp3) is 0.692. The zero-order valence-electron chi connectivity index (χ0n) is 10.7. The lowest BCUT2D eigenvalue weighted by Gasteiger charge is -2.16. The molecule has 4 nitrogen and oxygen atoms in total. The summed E-state index contributed by atoms with van der Waals surface area (Å²) in [6.07, 6.45) is 6.69. The van der Waals surface area contributed by atoms with Crippen molar-refractivity contribution in [3.8, 4) is 0 Å². The Morgan fingerprint density at radius 1 is 1.47 bits per heavy atom. The molecule has 0 spiro atoms. The monoisotopic (exact) mass is 235 g/mol. The molecule has 1 heterocycles. The van der Waals surface area contributed by atoms with Gasteiger partial charge in [0, 0.05) is 30.1 Å². The number of aryl methyl sites for hydroxylation is 1. The molecule has 0 fully saturated rings. The molecular formula is C13H21N3O. The average Bonchev–Trinajstić information content (AvgIpc) is 2.57. The van der Waals surface area contributed by atoms with E-state index in [0.717, 1.165) is 12.2 Å². The Balaban J connectivity index is 2.21. The average molecular weight is 235 g/mol. The number of hydrogen-bond donors (Lipinski definition) is 1. The van der Waals surface area contributed by atoms with Crippen molar-refractivity contribution in [2.45, 2.75) is 45.3 Å². The van der Waals surface area contributed by atoms with Gasteiger partial charge in [0.05, 0.1) is 0 Å². The summed E-state index contributed by atoms with van der Waals surface area (Å²) in [5.74, 6) is 0.808. The first-order valence-corrected chi connectivity index (χ1v) is 6.44. The number of ether oxygens (including phenoxy) is 1. The van der Waals surface area contributed by atoms with E-state index in [0.29, 0.717) is 19.3 Å². The molecule has 1 aliphatic rings. The number of rotatable bonds is 4. The summed E-state index contributed by atoms with van der Waals surface area (Å²) in [6, 6.07) is 0.411. The highest BCUT2D eigenvalue weighted by Crippen LogP contribution is 2.26. The zero-order chi connectivity index (χ0) is 12.1. The van der Waals surface area contributed by atoms with Crippen molar-refractivity contribution < 1.29 is 4.74 Å². The molecule has 1 N–H and O–H groups in total. The van der Waals surface area contributed by atoms with E-state index in [-0.39, 0.29) is 0 Å². The first-order valence-electron chi connectivity index (χ1n) is 6.44. The summed E-state index contributed by atoms with van der Waals surface area (Å²) >= 11 is 0. The molecule has 1 unspecified atom stereocenters. The van der Waals surface area contributed by atoms with Crippen LogP contribution in [-0.2, 0) is 17.8 Å². The van der Waals surface area contributed by atoms with Crippen LogP contribution in [0.1, 0.15) is 49.3 Å². The zero-order valence-corrected chi connectivity index (χ0v) is 10.7. The van der Waals surface area contributed by atoms with Gasteiger partial charge in [-0.1, -0.05) is 6.42 Å². The molecule has 0 aliphatic heterocycles. The van der Waals surface area contributed by atoms with Crippen LogP contribution in [0.4, 0.5) is 0 Å². The summed E-state index contributed by atoms with van der Waals surface area (Å²) in [7, 11) is 2.01. The van der Waals surface area contributed by atoms with E-state index in [1.807, 2.05) is 20.2 Å². The predicted octanol–water partition coefficient (Wildman–Crippen LogP) is 2.00. The van der Waals surface area contributed by atoms with Crippen molar-refractivity contribution in [1.29, 1.82) is 0 Å². The third kappa shape index (κ3) is 3.01. The molecule has 0 amide bonds. The van der Waals surface area contributed by atoms with Crippen molar-refractivity contribution >= 4 is 0 Å². The maximum absolute atomic E-state index is 5.35. The second-order valence-electron chi connectivity index (χ2n) is 4.41. The van der Waals surface area contributed by atoms with Gasteiger partial charge in [0.15, 0.2) is 5.82 Å². The second-order valence-corrected chi connectivity index (χ2v) is 4.41. The van der Waals surface area contributed by atoms with E-state index in [4.69, 9.17) is 4.74 Å². The number of fused-ring (bicyclic) bond motifs is 1. The fourth-order valence-corrected chi connectivity index (χ4v) is 2.32. The molecule has 1 aromatic heterocycles. The maximum atomic E-state index is 5.35. The van der Waals surface area contributed by atoms with Crippen LogP contribution >= 0.6 is 0 Å². The van der Waals surface area contributed by atoms with Crippen LogP contribution in [-0.4, -0.2) is 23.6 Å². The number of nitrogens with zero attached hydrogens (tertiary/aromatic N) is 2. The van der Waals surface area contributed by atoms with Gasteiger partial charge in [-0.05, 0) is 33.2 Å². The van der Waals surface area contributed by atoms with E-state index in [1.165, 1.54) is 30.5 Å². The summed E-state index contributed by atoms with van der Waals surface area (Å²) < 4.78 is 5.35. The molecule has 0 saturated heterocycles. The molecule has 1 aromatic rings. The van der Waals surface area contributed by atoms with Gasteiger partial charge in [-0.15, -0.1) is 0 Å². The molecule has 1 aliphatic carbocycles. The number of hydrogen-bond acceptors (Lipinski definition) is 4. The van der Waals surface area contributed by atoms with Gasteiger partial charge >= 0.3 is 0 Å². The van der Waals surface area contributed by atoms with Gasteiger partial charge in [-0.2, -0.15) is 0 Å². The van der Waals surface area contributed by atoms with Crippen LogP contribution in [0.5, 0.6) is 0 Å². The van der Waals surface area contributed by atoms with Crippen LogP contribution in [0.3, 0.4) is 0 Å². The minimum absolute atomic E-state index is 0.411. The summed E-state index contributed by atoms with van der Waals surface area (Å²) in [5.41, 5.74) is 2.47. The lowest BCUT2D eigenvalue weighted by Crippen LogP contribution is -2.18. The molecule has 0 bridgehead atoms. The molecule has 2 rings (SSSR count). The Hall–Kier alpha value is -1.00. The normalized spacial score (nSPS) is 19.8. The Morgan fingerprint density at radius 2 is 2.35 bits per heavy atom. The smallest absolute Gasteiger partial charge is 0.154 e. The number of nitrogens with one attached hydrogen (secondary N) is 1. The first-order chi connectivity index (χ1) is 8.35. The standard InChI is InChI=1S/C13H21N3O/c1-3-17-9-13-15-8-10-11(14-2)6-4-5-7-12(10)16-13/h8,11,14H,3-7,9H2,1-2H3. The van der Waals surface area contributed by atoms with Crippen LogP contribution in [0.15, 0.2) is 6.20 Å². The Morgan fingerprint density at radius 3 is 3.12 bits per heavy atom. The van der Waals surface area contributed by atoms with Crippen LogP contribution in [0.2, 0.25) is 0 Å². The fourth-order valence-electron chi connectivity index (χ4n) is 2.32. The summed E-state index contributed by atoms with van der Waals surface area (Å²) in [6.45, 7) is 3.22. The van der Waals surface area contributed by atoms with E-state index in [2.05, 4.69) is 15.3 Å². The Labute approximate surface area is 103 Å².